The van der Waals surface area contributed by atoms with E-state index >= 15 is 0 Å². The molecule has 3 aliphatic heterocycles. The van der Waals surface area contributed by atoms with E-state index < -0.39 is 47.5 Å². The highest BCUT2D eigenvalue weighted by molar-refractivity contribution is 9.09. The second-order valence-electron chi connectivity index (χ2n) is 12.8. The van der Waals surface area contributed by atoms with E-state index in [1.807, 2.05) is 35.2 Å². The zero-order valence-electron chi connectivity index (χ0n) is 26.4. The summed E-state index contributed by atoms with van der Waals surface area (Å²) >= 11 is 3.74. The van der Waals surface area contributed by atoms with Crippen molar-refractivity contribution in [3.05, 3.63) is 61.2 Å². The maximum Gasteiger partial charge on any atom is 0.306 e. The topological polar surface area (TPSA) is 125 Å². The molecule has 1 aromatic rings. The van der Waals surface area contributed by atoms with E-state index in [1.54, 1.807) is 17.1 Å². The summed E-state index contributed by atoms with van der Waals surface area (Å²) in [4.78, 5) is 58.7. The smallest absolute Gasteiger partial charge is 0.306 e. The minimum atomic E-state index is -1.20. The maximum absolute atomic E-state index is 14.6. The molecule has 3 amide bonds. The SMILES string of the molecule is C=CCCC(=O)OC[C@@H](NC(=O)[C@H]1[C@@H]2O[C@@]3(CC2Br)[C@@H]1C(=O)N(CCCO)[C@@H]3C(=O)N(CC=C)C1CCCCC1)c1ccccc1. The molecule has 46 heavy (non-hydrogen) atoms. The molecule has 1 aliphatic carbocycles. The lowest BCUT2D eigenvalue weighted by Crippen LogP contribution is -2.59. The van der Waals surface area contributed by atoms with Gasteiger partial charge in [-0.2, -0.15) is 0 Å². The van der Waals surface area contributed by atoms with Crippen LogP contribution in [-0.4, -0.2) is 93.5 Å². The molecule has 1 unspecified atom stereocenters. The number of hydrogen-bond donors (Lipinski definition) is 2. The van der Waals surface area contributed by atoms with E-state index in [9.17, 15) is 24.3 Å². The fraction of sp³-hybridized carbons (Fsp3) is 0.600. The number of allylic oxidation sites excluding steroid dienone is 1. The number of carbonyl (C=O) groups excluding carboxylic acids is 4. The van der Waals surface area contributed by atoms with Crippen LogP contribution in [0.3, 0.4) is 0 Å². The Morgan fingerprint density at radius 2 is 1.91 bits per heavy atom. The van der Waals surface area contributed by atoms with Crippen molar-refractivity contribution < 1.29 is 33.8 Å². The molecule has 5 rings (SSSR count). The van der Waals surface area contributed by atoms with Gasteiger partial charge in [0.15, 0.2) is 0 Å². The van der Waals surface area contributed by atoms with Gasteiger partial charge in [-0.05, 0) is 37.7 Å². The van der Waals surface area contributed by atoms with Gasteiger partial charge in [0, 0.05) is 37.0 Å². The third kappa shape index (κ3) is 6.69. The Hall–Kier alpha value is -3.02. The number of esters is 1. The second-order valence-corrected chi connectivity index (χ2v) is 14.0. The number of fused-ring (bicyclic) bond motifs is 1. The van der Waals surface area contributed by atoms with Crippen LogP contribution in [0.25, 0.3) is 0 Å². The molecule has 3 heterocycles. The molecule has 2 N–H and O–H groups in total. The number of aliphatic hydroxyl groups excluding tert-OH is 1. The molecular weight excluding hydrogens is 654 g/mol. The lowest BCUT2D eigenvalue weighted by molar-refractivity contribution is -0.150. The quantitative estimate of drug-likeness (QED) is 0.162. The van der Waals surface area contributed by atoms with E-state index in [4.69, 9.17) is 9.47 Å². The molecule has 3 saturated heterocycles. The first-order valence-corrected chi connectivity index (χ1v) is 17.4. The Kier molecular flexibility index (Phi) is 11.4. The number of carbonyl (C=O) groups is 4. The number of ether oxygens (including phenoxy) is 2. The van der Waals surface area contributed by atoms with Gasteiger partial charge < -0.3 is 29.7 Å². The van der Waals surface area contributed by atoms with E-state index in [2.05, 4.69) is 34.4 Å². The molecule has 4 fully saturated rings. The Bertz CT molecular complexity index is 1290. The molecule has 4 aliphatic rings. The zero-order valence-corrected chi connectivity index (χ0v) is 27.9. The Balaban J connectivity index is 1.44. The van der Waals surface area contributed by atoms with Gasteiger partial charge in [-0.3, -0.25) is 19.2 Å². The van der Waals surface area contributed by atoms with Crippen LogP contribution in [0.4, 0.5) is 0 Å². The van der Waals surface area contributed by atoms with Gasteiger partial charge >= 0.3 is 5.97 Å². The van der Waals surface area contributed by atoms with Crippen LogP contribution in [-0.2, 0) is 28.7 Å². The predicted molar refractivity (Wildman–Crippen MR) is 176 cm³/mol. The number of halogens is 1. The summed E-state index contributed by atoms with van der Waals surface area (Å²) in [6.07, 6.45) is 9.10. The van der Waals surface area contributed by atoms with Crippen LogP contribution in [0.15, 0.2) is 55.6 Å². The zero-order chi connectivity index (χ0) is 32.8. The molecular formula is C35H46BrN3O7. The average Bonchev–Trinajstić information content (AvgIpc) is 3.66. The minimum absolute atomic E-state index is 0.0442. The number of hydrogen-bond acceptors (Lipinski definition) is 7. The summed E-state index contributed by atoms with van der Waals surface area (Å²) in [5, 5.41) is 12.8. The van der Waals surface area contributed by atoms with Crippen molar-refractivity contribution in [1.82, 2.24) is 15.1 Å². The molecule has 11 heteroatoms. The van der Waals surface area contributed by atoms with Crippen LogP contribution in [0.5, 0.6) is 0 Å². The molecule has 250 valence electrons. The number of rotatable bonds is 15. The Morgan fingerprint density at radius 3 is 2.59 bits per heavy atom. The van der Waals surface area contributed by atoms with Crippen molar-refractivity contribution in [3.8, 4) is 0 Å². The van der Waals surface area contributed by atoms with Crippen molar-refractivity contribution in [1.29, 1.82) is 0 Å². The van der Waals surface area contributed by atoms with Gasteiger partial charge in [0.25, 0.3) is 0 Å². The summed E-state index contributed by atoms with van der Waals surface area (Å²) in [5.41, 5.74) is -0.442. The van der Waals surface area contributed by atoms with Crippen molar-refractivity contribution >= 4 is 39.6 Å². The summed E-state index contributed by atoms with van der Waals surface area (Å²) in [7, 11) is 0. The first-order chi connectivity index (χ1) is 22.3. The normalized spacial score (nSPS) is 29.2. The number of nitrogens with one attached hydrogen (secondary N) is 1. The number of amides is 3. The number of likely N-dealkylation sites (tertiary alicyclic amines) is 1. The second kappa shape index (κ2) is 15.3. The number of benzene rings is 1. The highest BCUT2D eigenvalue weighted by Gasteiger charge is 2.76. The molecule has 7 atom stereocenters. The molecule has 1 aromatic carbocycles. The van der Waals surface area contributed by atoms with E-state index in [1.165, 1.54) is 0 Å². The minimum Gasteiger partial charge on any atom is -0.463 e. The van der Waals surface area contributed by atoms with Crippen molar-refractivity contribution in [3.63, 3.8) is 0 Å². The molecule has 10 nitrogen and oxygen atoms in total. The van der Waals surface area contributed by atoms with Gasteiger partial charge in [-0.25, -0.2) is 0 Å². The van der Waals surface area contributed by atoms with Crippen LogP contribution < -0.4 is 5.32 Å². The standard InChI is InChI=1S/C35H46BrN3O7/c1-3-5-17-27(41)45-22-26(23-13-8-6-9-14-23)37-32(42)28-29-33(43)39(19-12-20-40)31(35(29)21-25(36)30(28)46-35)34(44)38(18-4-2)24-15-10-7-11-16-24/h3-4,6,8-9,13-14,24-26,28-31,40H,1-2,5,7,10-12,15-22H2,(H,37,42)/t25?,26-,28-,29+,30-,31-,35+/m1/s1. The third-order valence-electron chi connectivity index (χ3n) is 9.99. The monoisotopic (exact) mass is 699 g/mol. The van der Waals surface area contributed by atoms with Crippen molar-refractivity contribution in [2.75, 3.05) is 26.3 Å². The highest BCUT2D eigenvalue weighted by atomic mass is 79.9. The fourth-order valence-corrected chi connectivity index (χ4v) is 8.88. The summed E-state index contributed by atoms with van der Waals surface area (Å²) in [5.74, 6) is -3.02. The van der Waals surface area contributed by atoms with Crippen molar-refractivity contribution in [2.45, 2.75) is 92.4 Å². The highest BCUT2D eigenvalue weighted by Crippen LogP contribution is 2.60. The first kappa shape index (κ1) is 34.3. The van der Waals surface area contributed by atoms with E-state index in [-0.39, 0.29) is 48.9 Å². The van der Waals surface area contributed by atoms with Crippen molar-refractivity contribution in [2.24, 2.45) is 11.8 Å². The molecule has 0 aromatic heterocycles. The molecule has 1 saturated carbocycles. The van der Waals surface area contributed by atoms with Crippen LogP contribution in [0.2, 0.25) is 0 Å². The Morgan fingerprint density at radius 1 is 1.17 bits per heavy atom. The lowest BCUT2D eigenvalue weighted by atomic mass is 9.70. The molecule has 2 bridgehead atoms. The van der Waals surface area contributed by atoms with Gasteiger partial charge in [-0.1, -0.05) is 77.7 Å². The van der Waals surface area contributed by atoms with Gasteiger partial charge in [0.05, 0.1) is 24.0 Å². The third-order valence-corrected chi connectivity index (χ3v) is 10.8. The maximum atomic E-state index is 14.6. The van der Waals surface area contributed by atoms with Crippen LogP contribution in [0.1, 0.15) is 69.4 Å². The number of nitrogens with zero attached hydrogens (tertiary/aromatic N) is 2. The lowest BCUT2D eigenvalue weighted by Gasteiger charge is -2.41. The van der Waals surface area contributed by atoms with Crippen LogP contribution in [0, 0.1) is 11.8 Å². The largest absolute Gasteiger partial charge is 0.463 e. The summed E-state index contributed by atoms with van der Waals surface area (Å²) in [6, 6.07) is 7.71. The Labute approximate surface area is 279 Å². The molecule has 0 radical (unpaired) electrons. The number of alkyl halides is 1. The average molecular weight is 701 g/mol. The predicted octanol–water partition coefficient (Wildman–Crippen LogP) is 3.83. The summed E-state index contributed by atoms with van der Waals surface area (Å²) < 4.78 is 12.2. The van der Waals surface area contributed by atoms with Gasteiger partial charge in [0.2, 0.25) is 17.7 Å². The number of aliphatic hydroxyl groups is 1. The molecule has 1 spiro atoms. The van der Waals surface area contributed by atoms with Gasteiger partial charge in [0.1, 0.15) is 18.2 Å². The van der Waals surface area contributed by atoms with Gasteiger partial charge in [-0.15, -0.1) is 13.2 Å². The van der Waals surface area contributed by atoms with E-state index in [0.29, 0.717) is 25.8 Å². The fourth-order valence-electron chi connectivity index (χ4n) is 7.94. The van der Waals surface area contributed by atoms with Crippen LogP contribution >= 0.6 is 15.9 Å². The first-order valence-electron chi connectivity index (χ1n) is 16.5. The summed E-state index contributed by atoms with van der Waals surface area (Å²) in [6.45, 7) is 7.87. The van der Waals surface area contributed by atoms with E-state index in [0.717, 1.165) is 37.7 Å².